The number of hydrogen-bond acceptors (Lipinski definition) is 3. The number of nitrogens with zero attached hydrogens (tertiary/aromatic N) is 2. The van der Waals surface area contributed by atoms with Gasteiger partial charge in [0, 0.05) is 17.1 Å². The molecule has 0 aliphatic heterocycles. The molecule has 6 heteroatoms. The highest BCUT2D eigenvalue weighted by molar-refractivity contribution is 6.06. The molecule has 0 saturated carbocycles. The Morgan fingerprint density at radius 1 is 1.00 bits per heavy atom. The van der Waals surface area contributed by atoms with Crippen LogP contribution in [0.2, 0.25) is 0 Å². The number of H-pyrrole nitrogens is 1. The highest BCUT2D eigenvalue weighted by Crippen LogP contribution is 2.23. The Bertz CT molecular complexity index is 1500. The third-order valence-electron chi connectivity index (χ3n) is 5.73. The lowest BCUT2D eigenvalue weighted by atomic mass is 10.1. The third kappa shape index (κ3) is 3.46. The molecule has 0 aliphatic rings. The average molecular weight is 422 g/mol. The second-order valence-corrected chi connectivity index (χ2v) is 7.97. The summed E-state index contributed by atoms with van der Waals surface area (Å²) in [5.41, 5.74) is 4.60. The minimum absolute atomic E-state index is 0.129. The fraction of sp³-hybridized carbons (Fsp3) is 0.115. The molecule has 3 aromatic carbocycles. The molecule has 2 aromatic heterocycles. The van der Waals surface area contributed by atoms with Gasteiger partial charge in [0.1, 0.15) is 0 Å². The van der Waals surface area contributed by atoms with Gasteiger partial charge in [-0.25, -0.2) is 4.68 Å². The van der Waals surface area contributed by atoms with E-state index in [1.54, 1.807) is 24.4 Å². The molecule has 5 aromatic rings. The fourth-order valence-corrected chi connectivity index (χ4v) is 3.88. The first-order valence-electron chi connectivity index (χ1n) is 10.5. The number of amides is 1. The van der Waals surface area contributed by atoms with Crippen LogP contribution in [0.25, 0.3) is 27.5 Å². The molecular formula is C26H22N4O2. The summed E-state index contributed by atoms with van der Waals surface area (Å²) in [6, 6.07) is 22.7. The van der Waals surface area contributed by atoms with E-state index in [2.05, 4.69) is 15.4 Å². The molecule has 5 rings (SSSR count). The zero-order valence-electron chi connectivity index (χ0n) is 17.8. The summed E-state index contributed by atoms with van der Waals surface area (Å²) in [4.78, 5) is 30.4. The summed E-state index contributed by atoms with van der Waals surface area (Å²) in [5.74, 6) is -0.180. The largest absolute Gasteiger partial charge is 0.346 e. The van der Waals surface area contributed by atoms with Crippen molar-refractivity contribution in [2.24, 2.45) is 0 Å². The fourth-order valence-electron chi connectivity index (χ4n) is 3.88. The number of hydrogen-bond donors (Lipinski definition) is 2. The molecule has 2 heterocycles. The Balaban J connectivity index is 1.56. The lowest BCUT2D eigenvalue weighted by molar-refractivity contribution is 0.0940. The van der Waals surface area contributed by atoms with Crippen molar-refractivity contribution in [1.29, 1.82) is 0 Å². The lowest BCUT2D eigenvalue weighted by Crippen LogP contribution is -2.26. The first-order valence-corrected chi connectivity index (χ1v) is 10.5. The van der Waals surface area contributed by atoms with Crippen molar-refractivity contribution in [3.63, 3.8) is 0 Å². The van der Waals surface area contributed by atoms with E-state index in [4.69, 9.17) is 0 Å². The predicted octanol–water partition coefficient (Wildman–Crippen LogP) is 4.67. The van der Waals surface area contributed by atoms with Gasteiger partial charge < -0.3 is 5.32 Å². The monoisotopic (exact) mass is 422 g/mol. The first-order chi connectivity index (χ1) is 15.5. The molecule has 0 saturated heterocycles. The summed E-state index contributed by atoms with van der Waals surface area (Å²) in [6.45, 7) is 3.95. The van der Waals surface area contributed by atoms with Crippen LogP contribution in [0.5, 0.6) is 0 Å². The number of pyridine rings is 1. The van der Waals surface area contributed by atoms with Gasteiger partial charge in [0.15, 0.2) is 0 Å². The topological polar surface area (TPSA) is 79.8 Å². The summed E-state index contributed by atoms with van der Waals surface area (Å²) in [6.07, 6.45) is 1.58. The van der Waals surface area contributed by atoms with Crippen molar-refractivity contribution < 1.29 is 4.79 Å². The second kappa shape index (κ2) is 7.81. The molecule has 6 nitrogen and oxygen atoms in total. The molecule has 0 spiro atoms. The van der Waals surface area contributed by atoms with Crippen molar-refractivity contribution in [1.82, 2.24) is 20.1 Å². The summed E-state index contributed by atoms with van der Waals surface area (Å²) in [5, 5.41) is 7.45. The first kappa shape index (κ1) is 19.8. The lowest BCUT2D eigenvalue weighted by Gasteiger charge is -2.14. The highest BCUT2D eigenvalue weighted by Gasteiger charge is 2.15. The zero-order valence-corrected chi connectivity index (χ0v) is 17.8. The van der Waals surface area contributed by atoms with Crippen molar-refractivity contribution >= 4 is 27.7 Å². The van der Waals surface area contributed by atoms with E-state index in [0.717, 1.165) is 22.2 Å². The molecule has 0 unspecified atom stereocenters. The number of carbonyl (C=O) groups is 1. The van der Waals surface area contributed by atoms with Gasteiger partial charge in [0.2, 0.25) is 0 Å². The molecule has 1 amide bonds. The van der Waals surface area contributed by atoms with Crippen molar-refractivity contribution in [2.45, 2.75) is 19.9 Å². The van der Waals surface area contributed by atoms with E-state index in [1.807, 2.05) is 68.4 Å². The Kier molecular flexibility index (Phi) is 4.82. The van der Waals surface area contributed by atoms with Crippen molar-refractivity contribution in [3.05, 3.63) is 106 Å². The number of fused-ring (bicyclic) bond motifs is 3. The normalized spacial score (nSPS) is 12.2. The molecule has 0 radical (unpaired) electrons. The number of rotatable bonds is 4. The quantitative estimate of drug-likeness (QED) is 0.442. The van der Waals surface area contributed by atoms with Gasteiger partial charge in [0.25, 0.3) is 11.5 Å². The average Bonchev–Trinajstić information content (AvgIpc) is 3.16. The Hall–Kier alpha value is -4.19. The van der Waals surface area contributed by atoms with Crippen LogP contribution in [0.4, 0.5) is 0 Å². The third-order valence-corrected chi connectivity index (χ3v) is 5.73. The highest BCUT2D eigenvalue weighted by atomic mass is 16.1. The van der Waals surface area contributed by atoms with E-state index < -0.39 is 0 Å². The van der Waals surface area contributed by atoms with Gasteiger partial charge in [-0.1, -0.05) is 48.0 Å². The van der Waals surface area contributed by atoms with Crippen molar-refractivity contribution in [2.75, 3.05) is 0 Å². The van der Waals surface area contributed by atoms with E-state index in [0.29, 0.717) is 22.0 Å². The molecule has 158 valence electrons. The number of nitrogens with one attached hydrogen (secondary N) is 2. The SMILES string of the molecule is Cc1ccc(-n2[nH]c3c(cnc4ccc(C(=O)N[C@@H](C)c5ccccc5)cc43)c2=O)cc1. The number of aromatic nitrogens is 3. The van der Waals surface area contributed by atoms with Gasteiger partial charge in [-0.3, -0.25) is 19.7 Å². The Labute approximate surface area is 184 Å². The number of benzene rings is 3. The number of carbonyl (C=O) groups excluding carboxylic acids is 1. The Morgan fingerprint density at radius 2 is 1.75 bits per heavy atom. The van der Waals surface area contributed by atoms with Crippen LogP contribution in [0.15, 0.2) is 83.8 Å². The standard InChI is InChI=1S/C26H22N4O2/c1-16-8-11-20(12-9-16)30-26(32)22-15-27-23-13-10-19(14-21(23)24(22)29-30)25(31)28-17(2)18-6-4-3-5-7-18/h3-15,17,29H,1-2H3,(H,28,31)/t17-/m0/s1. The van der Waals surface area contributed by atoms with Crippen LogP contribution in [-0.2, 0) is 0 Å². The zero-order chi connectivity index (χ0) is 22.2. The molecule has 32 heavy (non-hydrogen) atoms. The van der Waals surface area contributed by atoms with E-state index in [-0.39, 0.29) is 17.5 Å². The Morgan fingerprint density at radius 3 is 2.50 bits per heavy atom. The molecule has 0 bridgehead atoms. The van der Waals surface area contributed by atoms with Crippen LogP contribution in [0.3, 0.4) is 0 Å². The van der Waals surface area contributed by atoms with Crippen LogP contribution < -0.4 is 10.9 Å². The van der Waals surface area contributed by atoms with Gasteiger partial charge in [-0.2, -0.15) is 0 Å². The maximum absolute atomic E-state index is 13.0. The minimum atomic E-state index is -0.180. The van der Waals surface area contributed by atoms with Gasteiger partial charge in [-0.15, -0.1) is 0 Å². The van der Waals surface area contributed by atoms with E-state index >= 15 is 0 Å². The van der Waals surface area contributed by atoms with E-state index in [9.17, 15) is 9.59 Å². The maximum atomic E-state index is 13.0. The van der Waals surface area contributed by atoms with Gasteiger partial charge >= 0.3 is 0 Å². The smallest absolute Gasteiger partial charge is 0.280 e. The summed E-state index contributed by atoms with van der Waals surface area (Å²) >= 11 is 0. The minimum Gasteiger partial charge on any atom is -0.346 e. The van der Waals surface area contributed by atoms with E-state index in [1.165, 1.54) is 4.68 Å². The second-order valence-electron chi connectivity index (χ2n) is 7.97. The number of aromatic amines is 1. The maximum Gasteiger partial charge on any atom is 0.280 e. The molecular weight excluding hydrogens is 400 g/mol. The molecule has 2 N–H and O–H groups in total. The van der Waals surface area contributed by atoms with Crippen LogP contribution in [-0.4, -0.2) is 20.7 Å². The molecule has 0 fully saturated rings. The molecule has 1 atom stereocenters. The summed E-state index contributed by atoms with van der Waals surface area (Å²) in [7, 11) is 0. The summed E-state index contributed by atoms with van der Waals surface area (Å²) < 4.78 is 1.51. The van der Waals surface area contributed by atoms with Gasteiger partial charge in [0.05, 0.1) is 28.1 Å². The van der Waals surface area contributed by atoms with Crippen LogP contribution in [0, 0.1) is 6.92 Å². The van der Waals surface area contributed by atoms with Crippen LogP contribution >= 0.6 is 0 Å². The van der Waals surface area contributed by atoms with Crippen molar-refractivity contribution in [3.8, 4) is 5.69 Å². The van der Waals surface area contributed by atoms with Gasteiger partial charge in [-0.05, 0) is 49.7 Å². The van der Waals surface area contributed by atoms with Crippen LogP contribution in [0.1, 0.15) is 34.5 Å². The number of aryl methyl sites for hydroxylation is 1. The molecule has 0 aliphatic carbocycles. The predicted molar refractivity (Wildman–Crippen MR) is 126 cm³/mol.